The molecule has 0 spiro atoms. The molecule has 1 aromatic rings. The minimum absolute atomic E-state index is 0.0553. The van der Waals surface area contributed by atoms with Gasteiger partial charge in [0.05, 0.1) is 12.8 Å². The zero-order valence-corrected chi connectivity index (χ0v) is 14.5. The van der Waals surface area contributed by atoms with E-state index >= 15 is 0 Å². The molecule has 0 aliphatic carbocycles. The minimum atomic E-state index is -0.151. The number of anilines is 1. The molecule has 3 amide bonds. The van der Waals surface area contributed by atoms with Gasteiger partial charge in [0.25, 0.3) is 5.91 Å². The van der Waals surface area contributed by atoms with Crippen molar-refractivity contribution < 1.29 is 14.3 Å². The molecule has 2 atom stereocenters. The lowest BCUT2D eigenvalue weighted by Gasteiger charge is -2.28. The van der Waals surface area contributed by atoms with Gasteiger partial charge in [-0.2, -0.15) is 0 Å². The number of ether oxygens (including phenoxy) is 1. The van der Waals surface area contributed by atoms with E-state index in [1.54, 1.807) is 30.2 Å². The molecule has 3 heterocycles. The summed E-state index contributed by atoms with van der Waals surface area (Å²) in [5, 5.41) is 6.21. The van der Waals surface area contributed by atoms with E-state index in [1.807, 2.05) is 0 Å². The zero-order valence-electron chi connectivity index (χ0n) is 14.5. The molecule has 3 aliphatic heterocycles. The Balaban J connectivity index is 1.66. The van der Waals surface area contributed by atoms with E-state index in [1.165, 1.54) is 0 Å². The fraction of sp³-hybridized carbons (Fsp3) is 0.556. The predicted octanol–water partition coefficient (Wildman–Crippen LogP) is 1.19. The van der Waals surface area contributed by atoms with E-state index in [-0.39, 0.29) is 18.0 Å². The van der Waals surface area contributed by atoms with E-state index in [2.05, 4.69) is 15.5 Å². The number of methoxy groups -OCH3 is 1. The van der Waals surface area contributed by atoms with Gasteiger partial charge in [0.15, 0.2) is 0 Å². The predicted molar refractivity (Wildman–Crippen MR) is 94.2 cm³/mol. The number of amides is 3. The van der Waals surface area contributed by atoms with Crippen LogP contribution in [0.2, 0.25) is 0 Å². The molecule has 7 heteroatoms. The normalized spacial score (nSPS) is 25.7. The first-order valence-electron chi connectivity index (χ1n) is 8.96. The standard InChI is InChI=1S/C18H24N4O3/c1-25-16-5-2-12(10-15(16)21-9-8-20-18(21)24)17(23)22-13-3-4-14(22)11-19-7-6-13/h2,5,10,13-14,19H,3-4,6-9,11H2,1H3,(H,20,24). The van der Waals surface area contributed by atoms with Crippen LogP contribution >= 0.6 is 0 Å². The first-order valence-corrected chi connectivity index (χ1v) is 8.96. The van der Waals surface area contributed by atoms with Crippen LogP contribution in [0.5, 0.6) is 5.75 Å². The van der Waals surface area contributed by atoms with Crippen molar-refractivity contribution in [3.8, 4) is 5.75 Å². The van der Waals surface area contributed by atoms with Crippen LogP contribution in [-0.2, 0) is 0 Å². The quantitative estimate of drug-likeness (QED) is 0.864. The highest BCUT2D eigenvalue weighted by Gasteiger charge is 2.38. The van der Waals surface area contributed by atoms with Crippen molar-refractivity contribution in [2.45, 2.75) is 31.3 Å². The molecule has 0 aromatic heterocycles. The van der Waals surface area contributed by atoms with E-state index in [9.17, 15) is 9.59 Å². The molecule has 2 unspecified atom stereocenters. The molecule has 1 aromatic carbocycles. The minimum Gasteiger partial charge on any atom is -0.495 e. The molecule has 0 radical (unpaired) electrons. The van der Waals surface area contributed by atoms with Gasteiger partial charge in [-0.25, -0.2) is 4.79 Å². The van der Waals surface area contributed by atoms with Gasteiger partial charge < -0.3 is 20.3 Å². The molecule has 3 saturated heterocycles. The topological polar surface area (TPSA) is 73.9 Å². The van der Waals surface area contributed by atoms with Crippen LogP contribution in [0.1, 0.15) is 29.6 Å². The fourth-order valence-electron chi connectivity index (χ4n) is 4.20. The molecule has 25 heavy (non-hydrogen) atoms. The van der Waals surface area contributed by atoms with Gasteiger partial charge in [0.2, 0.25) is 0 Å². The highest BCUT2D eigenvalue weighted by molar-refractivity contribution is 6.00. The molecule has 2 N–H and O–H groups in total. The Morgan fingerprint density at radius 2 is 2.04 bits per heavy atom. The SMILES string of the molecule is COc1ccc(C(=O)N2C3CCNCC2CC3)cc1N1CCNC1=O. The van der Waals surface area contributed by atoms with Crippen LogP contribution in [-0.4, -0.2) is 62.2 Å². The maximum absolute atomic E-state index is 13.2. The molecular formula is C18H24N4O3. The van der Waals surface area contributed by atoms with Crippen LogP contribution < -0.4 is 20.3 Å². The van der Waals surface area contributed by atoms with Crippen molar-refractivity contribution in [1.82, 2.24) is 15.5 Å². The Hall–Kier alpha value is -2.28. The summed E-state index contributed by atoms with van der Waals surface area (Å²) in [4.78, 5) is 28.9. The molecule has 134 valence electrons. The lowest BCUT2D eigenvalue weighted by atomic mass is 10.1. The van der Waals surface area contributed by atoms with Crippen LogP contribution in [0.25, 0.3) is 0 Å². The molecule has 7 nitrogen and oxygen atoms in total. The van der Waals surface area contributed by atoms with Gasteiger partial charge in [0.1, 0.15) is 5.75 Å². The highest BCUT2D eigenvalue weighted by Crippen LogP contribution is 2.34. The average molecular weight is 344 g/mol. The fourth-order valence-corrected chi connectivity index (χ4v) is 4.20. The molecule has 4 rings (SSSR count). The summed E-state index contributed by atoms with van der Waals surface area (Å²) < 4.78 is 5.40. The Kier molecular flexibility index (Phi) is 4.25. The number of hydrogen-bond acceptors (Lipinski definition) is 4. The number of nitrogens with zero attached hydrogens (tertiary/aromatic N) is 2. The third kappa shape index (κ3) is 2.82. The van der Waals surface area contributed by atoms with Crippen molar-refractivity contribution in [2.24, 2.45) is 0 Å². The second kappa shape index (κ2) is 6.55. The Morgan fingerprint density at radius 3 is 2.80 bits per heavy atom. The number of benzene rings is 1. The number of hydrogen-bond donors (Lipinski definition) is 2. The summed E-state index contributed by atoms with van der Waals surface area (Å²) in [6.07, 6.45) is 3.14. The first-order chi connectivity index (χ1) is 12.2. The lowest BCUT2D eigenvalue weighted by Crippen LogP contribution is -2.42. The monoisotopic (exact) mass is 344 g/mol. The number of rotatable bonds is 3. The molecular weight excluding hydrogens is 320 g/mol. The van der Waals surface area contributed by atoms with E-state index < -0.39 is 0 Å². The van der Waals surface area contributed by atoms with Gasteiger partial charge in [-0.05, 0) is 44.0 Å². The summed E-state index contributed by atoms with van der Waals surface area (Å²) in [7, 11) is 1.58. The lowest BCUT2D eigenvalue weighted by molar-refractivity contribution is 0.0680. The molecule has 0 saturated carbocycles. The van der Waals surface area contributed by atoms with Crippen molar-refractivity contribution in [1.29, 1.82) is 0 Å². The summed E-state index contributed by atoms with van der Waals surface area (Å²) in [5.74, 6) is 0.661. The first kappa shape index (κ1) is 16.2. The Morgan fingerprint density at radius 1 is 1.20 bits per heavy atom. The van der Waals surface area contributed by atoms with Gasteiger partial charge in [-0.3, -0.25) is 9.69 Å². The number of carbonyl (C=O) groups excluding carboxylic acids is 2. The van der Waals surface area contributed by atoms with Gasteiger partial charge in [0, 0.05) is 37.3 Å². The maximum Gasteiger partial charge on any atom is 0.322 e. The van der Waals surface area contributed by atoms with E-state index in [0.29, 0.717) is 36.1 Å². The van der Waals surface area contributed by atoms with Gasteiger partial charge in [-0.1, -0.05) is 0 Å². The largest absolute Gasteiger partial charge is 0.495 e. The van der Waals surface area contributed by atoms with Crippen molar-refractivity contribution >= 4 is 17.6 Å². The van der Waals surface area contributed by atoms with E-state index in [4.69, 9.17) is 4.74 Å². The molecule has 2 bridgehead atoms. The number of nitrogens with one attached hydrogen (secondary N) is 2. The van der Waals surface area contributed by atoms with Crippen molar-refractivity contribution in [2.75, 3.05) is 38.2 Å². The van der Waals surface area contributed by atoms with Crippen molar-refractivity contribution in [3.05, 3.63) is 23.8 Å². The third-order valence-corrected chi connectivity index (χ3v) is 5.46. The number of urea groups is 1. The summed E-state index contributed by atoms with van der Waals surface area (Å²) in [5.41, 5.74) is 1.28. The van der Waals surface area contributed by atoms with Crippen molar-refractivity contribution in [3.63, 3.8) is 0 Å². The van der Waals surface area contributed by atoms with E-state index in [0.717, 1.165) is 32.4 Å². The van der Waals surface area contributed by atoms with Crippen LogP contribution in [0, 0.1) is 0 Å². The maximum atomic E-state index is 13.2. The van der Waals surface area contributed by atoms with Crippen LogP contribution in [0.4, 0.5) is 10.5 Å². The highest BCUT2D eigenvalue weighted by atomic mass is 16.5. The smallest absolute Gasteiger partial charge is 0.322 e. The Bertz CT molecular complexity index is 679. The molecule has 3 aliphatic rings. The van der Waals surface area contributed by atoms with Crippen LogP contribution in [0.3, 0.4) is 0 Å². The number of carbonyl (C=O) groups is 2. The van der Waals surface area contributed by atoms with Gasteiger partial charge >= 0.3 is 6.03 Å². The summed E-state index contributed by atoms with van der Waals surface area (Å²) in [6.45, 7) is 3.00. The third-order valence-electron chi connectivity index (χ3n) is 5.46. The second-order valence-electron chi connectivity index (χ2n) is 6.86. The second-order valence-corrected chi connectivity index (χ2v) is 6.86. The zero-order chi connectivity index (χ0) is 17.4. The summed E-state index contributed by atoms with van der Waals surface area (Å²) >= 11 is 0. The Labute approximate surface area is 147 Å². The average Bonchev–Trinajstić information content (AvgIpc) is 3.15. The van der Waals surface area contributed by atoms with Gasteiger partial charge in [-0.15, -0.1) is 0 Å². The molecule has 3 fully saturated rings. The van der Waals surface area contributed by atoms with Crippen LogP contribution in [0.15, 0.2) is 18.2 Å². The summed E-state index contributed by atoms with van der Waals surface area (Å²) in [6, 6.07) is 5.81. The number of fused-ring (bicyclic) bond motifs is 2.